The Hall–Kier alpha value is -2.30. The number of amides is 1. The number of carboxylic acids is 1. The maximum absolute atomic E-state index is 12.1. The number of anilines is 1. The second kappa shape index (κ2) is 5.56. The van der Waals surface area contributed by atoms with E-state index in [2.05, 4.69) is 5.32 Å². The van der Waals surface area contributed by atoms with Crippen molar-refractivity contribution < 1.29 is 19.8 Å². The van der Waals surface area contributed by atoms with E-state index in [1.165, 1.54) is 12.1 Å². The zero-order valence-corrected chi connectivity index (χ0v) is 10.2. The van der Waals surface area contributed by atoms with Crippen molar-refractivity contribution in [2.24, 2.45) is 11.8 Å². The van der Waals surface area contributed by atoms with E-state index in [0.717, 1.165) is 0 Å². The molecule has 0 heterocycles. The summed E-state index contributed by atoms with van der Waals surface area (Å²) < 4.78 is 0. The predicted octanol–water partition coefficient (Wildman–Crippen LogP) is 2.00. The molecular formula is C14H15NO4. The number of carbonyl (C=O) groups excluding carboxylic acids is 1. The molecule has 0 aliphatic heterocycles. The lowest BCUT2D eigenvalue weighted by Gasteiger charge is -2.24. The van der Waals surface area contributed by atoms with Gasteiger partial charge in [0.25, 0.3) is 0 Å². The quantitative estimate of drug-likeness (QED) is 0.726. The van der Waals surface area contributed by atoms with Crippen LogP contribution >= 0.6 is 0 Å². The molecule has 1 aliphatic carbocycles. The van der Waals surface area contributed by atoms with Crippen LogP contribution in [0.1, 0.15) is 12.8 Å². The summed E-state index contributed by atoms with van der Waals surface area (Å²) in [4.78, 5) is 23.2. The predicted molar refractivity (Wildman–Crippen MR) is 69.7 cm³/mol. The van der Waals surface area contributed by atoms with Gasteiger partial charge >= 0.3 is 5.97 Å². The minimum atomic E-state index is -0.958. The average Bonchev–Trinajstić information content (AvgIpc) is 2.38. The van der Waals surface area contributed by atoms with E-state index in [1.807, 2.05) is 6.08 Å². The van der Waals surface area contributed by atoms with Crippen LogP contribution in [0.3, 0.4) is 0 Å². The molecule has 1 aliphatic rings. The summed E-state index contributed by atoms with van der Waals surface area (Å²) in [6, 6.07) is 6.18. The molecule has 0 radical (unpaired) electrons. The Labute approximate surface area is 110 Å². The van der Waals surface area contributed by atoms with E-state index < -0.39 is 17.8 Å². The average molecular weight is 261 g/mol. The highest BCUT2D eigenvalue weighted by Gasteiger charge is 2.33. The lowest BCUT2D eigenvalue weighted by atomic mass is 9.82. The Bertz CT molecular complexity index is 524. The molecule has 0 fully saturated rings. The fraction of sp³-hybridized carbons (Fsp3) is 0.286. The number of aliphatic carboxylic acids is 1. The molecule has 1 aromatic rings. The van der Waals surface area contributed by atoms with Gasteiger partial charge in [0.2, 0.25) is 5.91 Å². The number of hydrogen-bond acceptors (Lipinski definition) is 3. The number of carboxylic acid groups (broad SMARTS) is 1. The van der Waals surface area contributed by atoms with Crippen LogP contribution in [0.4, 0.5) is 5.69 Å². The molecule has 0 unspecified atom stereocenters. The van der Waals surface area contributed by atoms with E-state index in [1.54, 1.807) is 18.2 Å². The van der Waals surface area contributed by atoms with Crippen LogP contribution in [0, 0.1) is 11.8 Å². The van der Waals surface area contributed by atoms with Gasteiger partial charge in [-0.1, -0.05) is 18.2 Å². The van der Waals surface area contributed by atoms with Crippen LogP contribution in [0.5, 0.6) is 5.75 Å². The van der Waals surface area contributed by atoms with Crippen LogP contribution in [-0.2, 0) is 9.59 Å². The molecule has 2 atom stereocenters. The first-order valence-electron chi connectivity index (χ1n) is 6.05. The summed E-state index contributed by atoms with van der Waals surface area (Å²) >= 11 is 0. The minimum Gasteiger partial charge on any atom is -0.508 e. The highest BCUT2D eigenvalue weighted by Crippen LogP contribution is 2.27. The maximum Gasteiger partial charge on any atom is 0.307 e. The molecule has 3 N–H and O–H groups in total. The summed E-state index contributed by atoms with van der Waals surface area (Å²) in [7, 11) is 0. The van der Waals surface area contributed by atoms with Crippen LogP contribution in [-0.4, -0.2) is 22.1 Å². The molecule has 19 heavy (non-hydrogen) atoms. The van der Waals surface area contributed by atoms with Crippen molar-refractivity contribution in [2.45, 2.75) is 12.8 Å². The van der Waals surface area contributed by atoms with Gasteiger partial charge in [-0.3, -0.25) is 9.59 Å². The van der Waals surface area contributed by atoms with E-state index in [0.29, 0.717) is 18.5 Å². The van der Waals surface area contributed by atoms with Gasteiger partial charge in [0, 0.05) is 11.8 Å². The molecule has 0 saturated carbocycles. The number of allylic oxidation sites excluding steroid dienone is 2. The zero-order valence-electron chi connectivity index (χ0n) is 10.2. The Kier molecular flexibility index (Phi) is 3.85. The van der Waals surface area contributed by atoms with Crippen LogP contribution in [0.15, 0.2) is 36.4 Å². The van der Waals surface area contributed by atoms with Crippen molar-refractivity contribution in [3.63, 3.8) is 0 Å². The monoisotopic (exact) mass is 261 g/mol. The molecule has 0 aromatic heterocycles. The topological polar surface area (TPSA) is 86.6 Å². The molecule has 1 amide bonds. The maximum atomic E-state index is 12.1. The summed E-state index contributed by atoms with van der Waals surface area (Å²) in [5.74, 6) is -2.51. The van der Waals surface area contributed by atoms with Gasteiger partial charge in [0.05, 0.1) is 11.8 Å². The third kappa shape index (κ3) is 3.13. The SMILES string of the molecule is O=C(Nc1cccc(O)c1)[C@H]1CC=CC[C@H]1C(=O)O. The first-order chi connectivity index (χ1) is 9.08. The third-order valence-electron chi connectivity index (χ3n) is 3.20. The minimum absolute atomic E-state index is 0.0520. The van der Waals surface area contributed by atoms with Gasteiger partial charge in [0.15, 0.2) is 0 Å². The largest absolute Gasteiger partial charge is 0.508 e. The van der Waals surface area contributed by atoms with Crippen molar-refractivity contribution >= 4 is 17.6 Å². The van der Waals surface area contributed by atoms with E-state index >= 15 is 0 Å². The second-order valence-electron chi connectivity index (χ2n) is 4.53. The van der Waals surface area contributed by atoms with Gasteiger partial charge in [-0.25, -0.2) is 0 Å². The van der Waals surface area contributed by atoms with Crippen LogP contribution in [0.25, 0.3) is 0 Å². The van der Waals surface area contributed by atoms with Gasteiger partial charge in [-0.15, -0.1) is 0 Å². The molecule has 0 saturated heterocycles. The highest BCUT2D eigenvalue weighted by atomic mass is 16.4. The fourth-order valence-electron chi connectivity index (χ4n) is 2.20. The number of hydrogen-bond donors (Lipinski definition) is 3. The van der Waals surface area contributed by atoms with Gasteiger partial charge < -0.3 is 15.5 Å². The standard InChI is InChI=1S/C14H15NO4/c16-10-5-3-4-9(8-10)15-13(17)11-6-1-2-7-12(11)14(18)19/h1-5,8,11-12,16H,6-7H2,(H,15,17)(H,18,19)/t11-,12+/m0/s1. The Balaban J connectivity index is 2.10. The van der Waals surface area contributed by atoms with Crippen molar-refractivity contribution in [3.8, 4) is 5.75 Å². The number of carbonyl (C=O) groups is 2. The van der Waals surface area contributed by atoms with Crippen molar-refractivity contribution in [3.05, 3.63) is 36.4 Å². The molecular weight excluding hydrogens is 246 g/mol. The van der Waals surface area contributed by atoms with E-state index in [9.17, 15) is 14.7 Å². The van der Waals surface area contributed by atoms with Gasteiger partial charge in [-0.2, -0.15) is 0 Å². The molecule has 5 nitrogen and oxygen atoms in total. The summed E-state index contributed by atoms with van der Waals surface area (Å²) in [6.45, 7) is 0. The molecule has 0 spiro atoms. The van der Waals surface area contributed by atoms with E-state index in [4.69, 9.17) is 5.11 Å². The van der Waals surface area contributed by atoms with Crippen molar-refractivity contribution in [1.82, 2.24) is 0 Å². The Morgan fingerprint density at radius 3 is 2.47 bits per heavy atom. The number of rotatable bonds is 3. The first-order valence-corrected chi connectivity index (χ1v) is 6.05. The first kappa shape index (κ1) is 13.1. The number of phenols is 1. The smallest absolute Gasteiger partial charge is 0.307 e. The fourth-order valence-corrected chi connectivity index (χ4v) is 2.20. The Morgan fingerprint density at radius 1 is 1.16 bits per heavy atom. The van der Waals surface area contributed by atoms with E-state index in [-0.39, 0.29) is 11.7 Å². The molecule has 0 bridgehead atoms. The van der Waals surface area contributed by atoms with Crippen molar-refractivity contribution in [2.75, 3.05) is 5.32 Å². The van der Waals surface area contributed by atoms with Crippen LogP contribution in [0.2, 0.25) is 0 Å². The Morgan fingerprint density at radius 2 is 1.84 bits per heavy atom. The number of aromatic hydroxyl groups is 1. The zero-order chi connectivity index (χ0) is 13.8. The number of phenolic OH excluding ortho intramolecular Hbond substituents is 1. The number of nitrogens with one attached hydrogen (secondary N) is 1. The van der Waals surface area contributed by atoms with Crippen molar-refractivity contribution in [1.29, 1.82) is 0 Å². The molecule has 100 valence electrons. The third-order valence-corrected chi connectivity index (χ3v) is 3.20. The summed E-state index contributed by atoms with van der Waals surface area (Å²) in [6.07, 6.45) is 4.40. The number of benzene rings is 1. The van der Waals surface area contributed by atoms with Gasteiger partial charge in [0.1, 0.15) is 5.75 Å². The lowest BCUT2D eigenvalue weighted by molar-refractivity contribution is -0.146. The summed E-state index contributed by atoms with van der Waals surface area (Å²) in [5.41, 5.74) is 0.462. The second-order valence-corrected chi connectivity index (χ2v) is 4.53. The lowest BCUT2D eigenvalue weighted by Crippen LogP contribution is -2.34. The molecule has 2 rings (SSSR count). The molecule has 1 aromatic carbocycles. The molecule has 5 heteroatoms. The van der Waals surface area contributed by atoms with Gasteiger partial charge in [-0.05, 0) is 25.0 Å². The highest BCUT2D eigenvalue weighted by molar-refractivity contribution is 5.95. The van der Waals surface area contributed by atoms with Crippen LogP contribution < -0.4 is 5.32 Å². The normalized spacial score (nSPS) is 21.9. The summed E-state index contributed by atoms with van der Waals surface area (Å²) in [5, 5.41) is 21.1.